The second-order valence-corrected chi connectivity index (χ2v) is 9.98. The molecule has 0 radical (unpaired) electrons. The molecule has 0 amide bonds. The molecule has 1 aromatic carbocycles. The van der Waals surface area contributed by atoms with Crippen LogP contribution in [0.5, 0.6) is 0 Å². The summed E-state index contributed by atoms with van der Waals surface area (Å²) in [4.78, 5) is 17.5. The van der Waals surface area contributed by atoms with Gasteiger partial charge in [-0.25, -0.2) is 22.5 Å². The van der Waals surface area contributed by atoms with Gasteiger partial charge in [-0.05, 0) is 52.6 Å². The highest BCUT2D eigenvalue weighted by molar-refractivity contribution is 7.89. The molecular weight excluding hydrogens is 426 g/mol. The van der Waals surface area contributed by atoms with Crippen molar-refractivity contribution < 1.29 is 8.42 Å². The molecular formula is C18H21N7O3S2. The van der Waals surface area contributed by atoms with E-state index in [0.717, 1.165) is 11.9 Å². The Morgan fingerprint density at radius 1 is 1.17 bits per heavy atom. The van der Waals surface area contributed by atoms with Crippen LogP contribution in [0.15, 0.2) is 45.4 Å². The van der Waals surface area contributed by atoms with Crippen molar-refractivity contribution in [3.63, 3.8) is 0 Å². The van der Waals surface area contributed by atoms with E-state index in [4.69, 9.17) is 0 Å². The summed E-state index contributed by atoms with van der Waals surface area (Å²) >= 11 is 1.40. The number of sulfonamides is 1. The van der Waals surface area contributed by atoms with E-state index in [1.165, 1.54) is 39.1 Å². The summed E-state index contributed by atoms with van der Waals surface area (Å²) in [5.41, 5.74) is 1.01. The van der Waals surface area contributed by atoms with Gasteiger partial charge in [0.25, 0.3) is 0 Å². The summed E-state index contributed by atoms with van der Waals surface area (Å²) in [5.74, 6) is 0.617. The molecule has 0 aliphatic carbocycles. The highest BCUT2D eigenvalue weighted by atomic mass is 32.2. The van der Waals surface area contributed by atoms with Gasteiger partial charge in [-0.3, -0.25) is 0 Å². The van der Waals surface area contributed by atoms with Crippen molar-refractivity contribution >= 4 is 32.4 Å². The zero-order valence-electron chi connectivity index (χ0n) is 16.8. The molecule has 0 saturated heterocycles. The lowest BCUT2D eigenvalue weighted by Gasteiger charge is -2.11. The number of fused-ring (bicyclic) bond motifs is 1. The van der Waals surface area contributed by atoms with Crippen LogP contribution in [0.4, 0.5) is 0 Å². The predicted octanol–water partition coefficient (Wildman–Crippen LogP) is 1.55. The quantitative estimate of drug-likeness (QED) is 0.425. The number of aryl methyl sites for hydroxylation is 1. The minimum absolute atomic E-state index is 0.134. The van der Waals surface area contributed by atoms with Gasteiger partial charge in [0, 0.05) is 20.6 Å². The molecule has 30 heavy (non-hydrogen) atoms. The van der Waals surface area contributed by atoms with Gasteiger partial charge in [-0.1, -0.05) is 6.92 Å². The number of benzene rings is 1. The van der Waals surface area contributed by atoms with Crippen LogP contribution in [0.1, 0.15) is 19.2 Å². The number of aromatic nitrogens is 6. The van der Waals surface area contributed by atoms with E-state index < -0.39 is 10.0 Å². The molecule has 3 heterocycles. The highest BCUT2D eigenvalue weighted by Gasteiger charge is 2.20. The number of hydrogen-bond donors (Lipinski definition) is 0. The Labute approximate surface area is 177 Å². The summed E-state index contributed by atoms with van der Waals surface area (Å²) in [6, 6.07) is 8.53. The number of tetrazole rings is 1. The average Bonchev–Trinajstić information content (AvgIpc) is 3.43. The lowest BCUT2D eigenvalue weighted by atomic mass is 10.3. The first kappa shape index (κ1) is 20.4. The molecule has 4 rings (SSSR count). The minimum atomic E-state index is -3.57. The van der Waals surface area contributed by atoms with E-state index in [2.05, 4.69) is 15.4 Å². The first-order valence-electron chi connectivity index (χ1n) is 9.31. The number of thiophene rings is 1. The molecule has 0 aliphatic heterocycles. The minimum Gasteiger partial charge on any atom is -0.326 e. The Morgan fingerprint density at radius 2 is 1.97 bits per heavy atom. The lowest BCUT2D eigenvalue weighted by molar-refractivity contribution is 0.521. The van der Waals surface area contributed by atoms with E-state index in [9.17, 15) is 13.2 Å². The summed E-state index contributed by atoms with van der Waals surface area (Å²) in [6.45, 7) is 2.85. The van der Waals surface area contributed by atoms with Crippen molar-refractivity contribution in [1.29, 1.82) is 0 Å². The smallest absolute Gasteiger partial charge is 0.326 e. The second-order valence-electron chi connectivity index (χ2n) is 6.90. The third-order valence-electron chi connectivity index (χ3n) is 4.67. The van der Waals surface area contributed by atoms with Gasteiger partial charge in [0.2, 0.25) is 10.0 Å². The molecule has 0 unspecified atom stereocenters. The van der Waals surface area contributed by atoms with E-state index in [0.29, 0.717) is 22.9 Å². The molecule has 3 aromatic heterocycles. The summed E-state index contributed by atoms with van der Waals surface area (Å²) in [5, 5.41) is 10.5. The molecule has 158 valence electrons. The monoisotopic (exact) mass is 447 g/mol. The molecule has 4 aromatic rings. The zero-order valence-corrected chi connectivity index (χ0v) is 18.4. The number of nitrogens with zero attached hydrogens (tertiary/aromatic N) is 7. The first-order valence-corrected chi connectivity index (χ1v) is 11.6. The van der Waals surface area contributed by atoms with Gasteiger partial charge in [0.05, 0.1) is 15.9 Å². The van der Waals surface area contributed by atoms with Crippen LogP contribution < -0.4 is 5.69 Å². The fourth-order valence-corrected chi connectivity index (χ4v) is 4.75. The van der Waals surface area contributed by atoms with Crippen LogP contribution in [0, 0.1) is 0 Å². The summed E-state index contributed by atoms with van der Waals surface area (Å²) in [7, 11) is -0.587. The summed E-state index contributed by atoms with van der Waals surface area (Å²) in [6.07, 6.45) is 0.854. The number of imidazole rings is 1. The van der Waals surface area contributed by atoms with Crippen LogP contribution in [0.25, 0.3) is 16.0 Å². The standard InChI is InChI=1S/C18H21N7O3S2/c1-4-9-23-15-8-7-13(30(27,28)22(2)3)11-14(15)19-16(23)12-24-18(26)25(21-20-24)17-6-5-10-29-17/h5-8,10-11H,4,9,12H2,1-3H3. The van der Waals surface area contributed by atoms with Crippen molar-refractivity contribution in [2.45, 2.75) is 31.3 Å². The maximum atomic E-state index is 12.7. The van der Waals surface area contributed by atoms with Gasteiger partial charge < -0.3 is 4.57 Å². The maximum absolute atomic E-state index is 12.7. The van der Waals surface area contributed by atoms with Crippen molar-refractivity contribution in [3.8, 4) is 5.00 Å². The molecule has 0 bridgehead atoms. The van der Waals surface area contributed by atoms with Crippen molar-refractivity contribution in [2.24, 2.45) is 0 Å². The van der Waals surface area contributed by atoms with E-state index in [1.54, 1.807) is 24.3 Å². The van der Waals surface area contributed by atoms with E-state index in [1.807, 2.05) is 22.9 Å². The first-order chi connectivity index (χ1) is 14.3. The lowest BCUT2D eigenvalue weighted by Crippen LogP contribution is -2.25. The van der Waals surface area contributed by atoms with Gasteiger partial charge in [0.1, 0.15) is 17.4 Å². The molecule has 0 atom stereocenters. The van der Waals surface area contributed by atoms with Crippen LogP contribution in [0.2, 0.25) is 0 Å². The molecule has 0 fully saturated rings. The average molecular weight is 448 g/mol. The molecule has 10 nitrogen and oxygen atoms in total. The Balaban J connectivity index is 1.77. The molecule has 0 spiro atoms. The fraction of sp³-hybridized carbons (Fsp3) is 0.333. The fourth-order valence-electron chi connectivity index (χ4n) is 3.16. The van der Waals surface area contributed by atoms with Gasteiger partial charge >= 0.3 is 5.69 Å². The van der Waals surface area contributed by atoms with Crippen LogP contribution >= 0.6 is 11.3 Å². The molecule has 0 N–H and O–H groups in total. The normalized spacial score (nSPS) is 12.3. The second kappa shape index (κ2) is 7.78. The Bertz CT molecular complexity index is 1350. The number of hydrogen-bond acceptors (Lipinski definition) is 7. The van der Waals surface area contributed by atoms with Gasteiger partial charge in [0.15, 0.2) is 0 Å². The van der Waals surface area contributed by atoms with Crippen LogP contribution in [-0.4, -0.2) is 56.2 Å². The maximum Gasteiger partial charge on any atom is 0.369 e. The third-order valence-corrected chi connectivity index (χ3v) is 7.32. The van der Waals surface area contributed by atoms with Crippen LogP contribution in [-0.2, 0) is 23.1 Å². The zero-order chi connectivity index (χ0) is 21.5. The SMILES string of the molecule is CCCn1c(Cn2nnn(-c3cccs3)c2=O)nc2cc(S(=O)(=O)N(C)C)ccc21. The third kappa shape index (κ3) is 3.46. The van der Waals surface area contributed by atoms with Gasteiger partial charge in [-0.15, -0.1) is 11.3 Å². The van der Waals surface area contributed by atoms with Crippen molar-refractivity contribution in [3.05, 3.63) is 52.0 Å². The Morgan fingerprint density at radius 3 is 2.63 bits per heavy atom. The van der Waals surface area contributed by atoms with Crippen molar-refractivity contribution in [1.82, 2.24) is 33.6 Å². The van der Waals surface area contributed by atoms with Gasteiger partial charge in [-0.2, -0.15) is 9.36 Å². The highest BCUT2D eigenvalue weighted by Crippen LogP contribution is 2.23. The Hall–Kier alpha value is -2.83. The largest absolute Gasteiger partial charge is 0.369 e. The molecule has 12 heteroatoms. The number of rotatable bonds is 7. The van der Waals surface area contributed by atoms with E-state index >= 15 is 0 Å². The van der Waals surface area contributed by atoms with Crippen LogP contribution in [0.3, 0.4) is 0 Å². The van der Waals surface area contributed by atoms with E-state index in [-0.39, 0.29) is 17.1 Å². The topological polar surface area (TPSA) is 108 Å². The summed E-state index contributed by atoms with van der Waals surface area (Å²) < 4.78 is 30.6. The van der Waals surface area contributed by atoms with Crippen molar-refractivity contribution in [2.75, 3.05) is 14.1 Å². The molecule has 0 saturated carbocycles. The molecule has 0 aliphatic rings. The Kier molecular flexibility index (Phi) is 5.30. The predicted molar refractivity (Wildman–Crippen MR) is 113 cm³/mol.